The summed E-state index contributed by atoms with van der Waals surface area (Å²) in [5.74, 6) is 0. The van der Waals surface area contributed by atoms with E-state index in [1.807, 2.05) is 0 Å². The molecule has 4 nitrogen and oxygen atoms in total. The lowest BCUT2D eigenvalue weighted by Gasteiger charge is -2.11. The highest BCUT2D eigenvalue weighted by Crippen LogP contribution is 2.19. The van der Waals surface area contributed by atoms with E-state index in [1.54, 1.807) is 7.11 Å². The third kappa shape index (κ3) is 4.56. The number of para-hydroxylation sites is 1. The molecule has 0 spiro atoms. The highest BCUT2D eigenvalue weighted by molar-refractivity contribution is 5.81. The number of aromatic nitrogens is 1. The fraction of sp³-hybridized carbons (Fsp3) is 0.529. The van der Waals surface area contributed by atoms with Crippen LogP contribution in [0.2, 0.25) is 0 Å². The van der Waals surface area contributed by atoms with Gasteiger partial charge in [0.05, 0.1) is 6.61 Å². The Bertz CT molecular complexity index is 537. The second-order valence-electron chi connectivity index (χ2n) is 5.09. The van der Waals surface area contributed by atoms with Gasteiger partial charge >= 0.3 is 0 Å². The quantitative estimate of drug-likeness (QED) is 0.683. The van der Waals surface area contributed by atoms with E-state index in [2.05, 4.69) is 47.1 Å². The Kier molecular flexibility index (Phi) is 6.73. The van der Waals surface area contributed by atoms with Crippen LogP contribution in [0.5, 0.6) is 0 Å². The van der Waals surface area contributed by atoms with E-state index in [0.717, 1.165) is 45.9 Å². The first-order chi connectivity index (χ1) is 10.4. The first-order valence-corrected chi connectivity index (χ1v) is 7.71. The van der Waals surface area contributed by atoms with Crippen LogP contribution in [0, 0.1) is 0 Å². The van der Waals surface area contributed by atoms with Crippen molar-refractivity contribution in [1.82, 2.24) is 9.88 Å². The van der Waals surface area contributed by atoms with Crippen LogP contribution in [0.4, 0.5) is 0 Å². The SMILES string of the molecule is CCNCc1cc2ccccc2n1CCOCCCOC. The van der Waals surface area contributed by atoms with Crippen molar-refractivity contribution in [3.05, 3.63) is 36.0 Å². The van der Waals surface area contributed by atoms with E-state index in [9.17, 15) is 0 Å². The summed E-state index contributed by atoms with van der Waals surface area (Å²) >= 11 is 0. The first-order valence-electron chi connectivity index (χ1n) is 7.71. The smallest absolute Gasteiger partial charge is 0.0645 e. The van der Waals surface area contributed by atoms with E-state index in [-0.39, 0.29) is 0 Å². The van der Waals surface area contributed by atoms with Crippen LogP contribution in [0.3, 0.4) is 0 Å². The minimum absolute atomic E-state index is 0.738. The van der Waals surface area contributed by atoms with Gasteiger partial charge in [0.2, 0.25) is 0 Å². The molecule has 0 saturated carbocycles. The molecule has 1 aromatic heterocycles. The van der Waals surface area contributed by atoms with Gasteiger partial charge in [0, 0.05) is 44.6 Å². The zero-order valence-electron chi connectivity index (χ0n) is 13.1. The molecule has 1 heterocycles. The van der Waals surface area contributed by atoms with Crippen LogP contribution in [-0.4, -0.2) is 38.0 Å². The highest BCUT2D eigenvalue weighted by atomic mass is 16.5. The van der Waals surface area contributed by atoms with Gasteiger partial charge in [-0.25, -0.2) is 0 Å². The van der Waals surface area contributed by atoms with Gasteiger partial charge in [0.1, 0.15) is 0 Å². The lowest BCUT2D eigenvalue weighted by atomic mass is 10.2. The summed E-state index contributed by atoms with van der Waals surface area (Å²) in [5.41, 5.74) is 2.60. The average molecular weight is 290 g/mol. The van der Waals surface area contributed by atoms with Crippen molar-refractivity contribution in [2.75, 3.05) is 33.5 Å². The minimum atomic E-state index is 0.738. The number of hydrogen-bond donors (Lipinski definition) is 1. The van der Waals surface area contributed by atoms with Crippen molar-refractivity contribution in [2.45, 2.75) is 26.4 Å². The fourth-order valence-electron chi connectivity index (χ4n) is 2.49. The molecule has 2 aromatic rings. The predicted octanol–water partition coefficient (Wildman–Crippen LogP) is 2.80. The van der Waals surface area contributed by atoms with E-state index in [4.69, 9.17) is 9.47 Å². The zero-order valence-corrected chi connectivity index (χ0v) is 13.1. The summed E-state index contributed by atoms with van der Waals surface area (Å²) in [5, 5.41) is 4.70. The molecule has 0 radical (unpaired) electrons. The topological polar surface area (TPSA) is 35.4 Å². The van der Waals surface area contributed by atoms with Gasteiger partial charge in [0.15, 0.2) is 0 Å². The maximum absolute atomic E-state index is 5.70. The molecule has 4 heteroatoms. The van der Waals surface area contributed by atoms with E-state index in [0.29, 0.717) is 0 Å². The van der Waals surface area contributed by atoms with Gasteiger partial charge in [-0.2, -0.15) is 0 Å². The number of nitrogens with one attached hydrogen (secondary N) is 1. The fourth-order valence-corrected chi connectivity index (χ4v) is 2.49. The van der Waals surface area contributed by atoms with Gasteiger partial charge < -0.3 is 19.4 Å². The third-order valence-corrected chi connectivity index (χ3v) is 3.55. The lowest BCUT2D eigenvalue weighted by molar-refractivity contribution is 0.0978. The summed E-state index contributed by atoms with van der Waals surface area (Å²) in [4.78, 5) is 0. The van der Waals surface area contributed by atoms with Crippen molar-refractivity contribution in [3.63, 3.8) is 0 Å². The van der Waals surface area contributed by atoms with Crippen LogP contribution in [0.1, 0.15) is 19.0 Å². The van der Waals surface area contributed by atoms with Gasteiger partial charge in [0.25, 0.3) is 0 Å². The van der Waals surface area contributed by atoms with Crippen molar-refractivity contribution in [2.24, 2.45) is 0 Å². The Morgan fingerprint density at radius 3 is 2.81 bits per heavy atom. The summed E-state index contributed by atoms with van der Waals surface area (Å²) < 4.78 is 13.1. The summed E-state index contributed by atoms with van der Waals surface area (Å²) in [7, 11) is 1.72. The number of hydrogen-bond acceptors (Lipinski definition) is 3. The molecule has 0 fully saturated rings. The Hall–Kier alpha value is -1.36. The van der Waals surface area contributed by atoms with Crippen molar-refractivity contribution in [1.29, 1.82) is 0 Å². The predicted molar refractivity (Wildman–Crippen MR) is 86.6 cm³/mol. The summed E-state index contributed by atoms with van der Waals surface area (Å²) in [6, 6.07) is 10.8. The van der Waals surface area contributed by atoms with E-state index >= 15 is 0 Å². The number of ether oxygens (including phenoxy) is 2. The Morgan fingerprint density at radius 2 is 2.00 bits per heavy atom. The van der Waals surface area contributed by atoms with Crippen LogP contribution in [-0.2, 0) is 22.6 Å². The number of nitrogens with zero attached hydrogens (tertiary/aromatic N) is 1. The molecule has 0 saturated heterocycles. The van der Waals surface area contributed by atoms with Gasteiger partial charge in [-0.1, -0.05) is 25.1 Å². The summed E-state index contributed by atoms with van der Waals surface area (Å²) in [6.07, 6.45) is 0.952. The molecule has 0 amide bonds. The molecule has 21 heavy (non-hydrogen) atoms. The maximum Gasteiger partial charge on any atom is 0.0645 e. The van der Waals surface area contributed by atoms with Crippen LogP contribution in [0.25, 0.3) is 10.9 Å². The van der Waals surface area contributed by atoms with Crippen LogP contribution < -0.4 is 5.32 Å². The molecule has 0 bridgehead atoms. The van der Waals surface area contributed by atoms with Crippen LogP contribution >= 0.6 is 0 Å². The number of fused-ring (bicyclic) bond motifs is 1. The number of rotatable bonds is 10. The van der Waals surface area contributed by atoms with Gasteiger partial charge in [-0.15, -0.1) is 0 Å². The van der Waals surface area contributed by atoms with E-state index < -0.39 is 0 Å². The van der Waals surface area contributed by atoms with Crippen molar-refractivity contribution in [3.8, 4) is 0 Å². The van der Waals surface area contributed by atoms with Gasteiger partial charge in [-0.3, -0.25) is 0 Å². The molecule has 0 aliphatic carbocycles. The Morgan fingerprint density at radius 1 is 1.14 bits per heavy atom. The number of methoxy groups -OCH3 is 1. The molecule has 2 rings (SSSR count). The molecule has 116 valence electrons. The molecule has 0 atom stereocenters. The third-order valence-electron chi connectivity index (χ3n) is 3.55. The average Bonchev–Trinajstić information content (AvgIpc) is 2.86. The monoisotopic (exact) mass is 290 g/mol. The largest absolute Gasteiger partial charge is 0.385 e. The van der Waals surface area contributed by atoms with Gasteiger partial charge in [-0.05, 0) is 30.5 Å². The maximum atomic E-state index is 5.70. The Balaban J connectivity index is 1.98. The van der Waals surface area contributed by atoms with Crippen LogP contribution in [0.15, 0.2) is 30.3 Å². The molecule has 1 N–H and O–H groups in total. The molecular weight excluding hydrogens is 264 g/mol. The lowest BCUT2D eigenvalue weighted by Crippen LogP contribution is -2.17. The second-order valence-corrected chi connectivity index (χ2v) is 5.09. The second kappa shape index (κ2) is 8.82. The molecule has 1 aromatic carbocycles. The molecular formula is C17H26N2O2. The van der Waals surface area contributed by atoms with Crippen molar-refractivity contribution >= 4 is 10.9 Å². The van der Waals surface area contributed by atoms with Crippen molar-refractivity contribution < 1.29 is 9.47 Å². The minimum Gasteiger partial charge on any atom is -0.385 e. The first kappa shape index (κ1) is 16.0. The van der Waals surface area contributed by atoms with E-state index in [1.165, 1.54) is 16.6 Å². The molecule has 0 aliphatic heterocycles. The molecule has 0 unspecified atom stereocenters. The summed E-state index contributed by atoms with van der Waals surface area (Å²) in [6.45, 7) is 7.16. The standard InChI is InChI=1S/C17H26N2O2/c1-3-18-14-16-13-15-7-4-5-8-17(15)19(16)9-12-21-11-6-10-20-2/h4-5,7-8,13,18H,3,6,9-12,14H2,1-2H3. The zero-order chi connectivity index (χ0) is 14.9. The Labute approximate surface area is 127 Å². The number of benzene rings is 1. The molecule has 0 aliphatic rings. The highest BCUT2D eigenvalue weighted by Gasteiger charge is 2.07. The normalized spacial score (nSPS) is 11.3.